The molecule has 0 atom stereocenters. The van der Waals surface area contributed by atoms with E-state index in [1.165, 1.54) is 17.1 Å². The molecule has 1 aromatic heterocycles. The Morgan fingerprint density at radius 1 is 1.06 bits per heavy atom. The SMILES string of the molecule is NS(=O)(=O)N1Cc2ccccc2N1c1nc2c(c(NCc3cccc(F)c3)n1)CCCC2. The van der Waals surface area contributed by atoms with Crippen LogP contribution >= 0.6 is 0 Å². The van der Waals surface area contributed by atoms with Crippen molar-refractivity contribution in [2.24, 2.45) is 5.14 Å². The van der Waals surface area contributed by atoms with Crippen molar-refractivity contribution in [2.75, 3.05) is 10.3 Å². The van der Waals surface area contributed by atoms with Crippen molar-refractivity contribution in [1.82, 2.24) is 14.4 Å². The van der Waals surface area contributed by atoms with Gasteiger partial charge in [0.2, 0.25) is 5.95 Å². The minimum Gasteiger partial charge on any atom is -0.366 e. The third kappa shape index (κ3) is 3.92. The number of fused-ring (bicyclic) bond motifs is 2. The number of nitrogens with zero attached hydrogens (tertiary/aromatic N) is 4. The Kier molecular flexibility index (Phi) is 5.28. The Morgan fingerprint density at radius 3 is 2.69 bits per heavy atom. The average molecular weight is 455 g/mol. The summed E-state index contributed by atoms with van der Waals surface area (Å²) in [6.45, 7) is 0.498. The number of halogens is 1. The Labute approximate surface area is 186 Å². The smallest absolute Gasteiger partial charge is 0.294 e. The molecule has 0 fully saturated rings. The van der Waals surface area contributed by atoms with Crippen LogP contribution in [0, 0.1) is 5.82 Å². The molecule has 0 saturated carbocycles. The first kappa shape index (κ1) is 20.8. The van der Waals surface area contributed by atoms with Crippen LogP contribution in [0.4, 0.5) is 21.8 Å². The van der Waals surface area contributed by atoms with Crippen molar-refractivity contribution in [3.05, 3.63) is 76.7 Å². The van der Waals surface area contributed by atoms with Gasteiger partial charge in [0.1, 0.15) is 11.6 Å². The second-order valence-electron chi connectivity index (χ2n) is 7.95. The number of rotatable bonds is 5. The largest absolute Gasteiger partial charge is 0.366 e. The molecule has 0 bridgehead atoms. The highest BCUT2D eigenvalue weighted by Crippen LogP contribution is 2.38. The lowest BCUT2D eigenvalue weighted by molar-refractivity contribution is 0.432. The van der Waals surface area contributed by atoms with E-state index in [0.29, 0.717) is 18.1 Å². The number of anilines is 3. The Morgan fingerprint density at radius 2 is 1.88 bits per heavy atom. The van der Waals surface area contributed by atoms with E-state index >= 15 is 0 Å². The number of hydrazine groups is 1. The summed E-state index contributed by atoms with van der Waals surface area (Å²) in [7, 11) is -4.04. The van der Waals surface area contributed by atoms with Gasteiger partial charge in [-0.1, -0.05) is 34.7 Å². The lowest BCUT2D eigenvalue weighted by Crippen LogP contribution is -2.43. The van der Waals surface area contributed by atoms with E-state index in [1.807, 2.05) is 30.3 Å². The number of hydrogen-bond donors (Lipinski definition) is 2. The lowest BCUT2D eigenvalue weighted by atomic mass is 9.96. The summed E-state index contributed by atoms with van der Waals surface area (Å²) in [6.07, 6.45) is 3.64. The lowest BCUT2D eigenvalue weighted by Gasteiger charge is -2.28. The maximum Gasteiger partial charge on any atom is 0.294 e. The molecule has 1 aliphatic carbocycles. The molecular formula is C22H23FN6O2S. The Balaban J connectivity index is 1.57. The highest BCUT2D eigenvalue weighted by atomic mass is 32.2. The zero-order valence-electron chi connectivity index (χ0n) is 17.3. The molecular weight excluding hydrogens is 431 g/mol. The third-order valence-corrected chi connectivity index (χ3v) is 6.63. The topological polar surface area (TPSA) is 104 Å². The maximum atomic E-state index is 13.6. The van der Waals surface area contributed by atoms with Crippen molar-refractivity contribution < 1.29 is 12.8 Å². The molecule has 0 saturated heterocycles. The number of benzene rings is 2. The van der Waals surface area contributed by atoms with Crippen molar-refractivity contribution in [3.8, 4) is 0 Å². The molecule has 3 aromatic rings. The van der Waals surface area contributed by atoms with Gasteiger partial charge >= 0.3 is 0 Å². The molecule has 0 radical (unpaired) electrons. The maximum absolute atomic E-state index is 13.6. The first-order valence-electron chi connectivity index (χ1n) is 10.5. The monoisotopic (exact) mass is 454 g/mol. The number of aromatic nitrogens is 2. The highest BCUT2D eigenvalue weighted by Gasteiger charge is 2.37. The van der Waals surface area contributed by atoms with E-state index < -0.39 is 10.2 Å². The Bertz CT molecular complexity index is 1280. The first-order valence-corrected chi connectivity index (χ1v) is 12.0. The first-order chi connectivity index (χ1) is 15.4. The van der Waals surface area contributed by atoms with Gasteiger partial charge in [-0.3, -0.25) is 0 Å². The summed E-state index contributed by atoms with van der Waals surface area (Å²) in [5.41, 5.74) is 4.19. The van der Waals surface area contributed by atoms with Crippen LogP contribution < -0.4 is 15.5 Å². The van der Waals surface area contributed by atoms with Gasteiger partial charge in [0.25, 0.3) is 10.2 Å². The van der Waals surface area contributed by atoms with Gasteiger partial charge < -0.3 is 5.32 Å². The summed E-state index contributed by atoms with van der Waals surface area (Å²) >= 11 is 0. The fourth-order valence-electron chi connectivity index (χ4n) is 4.25. The minimum absolute atomic E-state index is 0.113. The van der Waals surface area contributed by atoms with Gasteiger partial charge in [0.15, 0.2) is 0 Å². The fourth-order valence-corrected chi connectivity index (χ4v) is 4.96. The molecule has 1 aliphatic heterocycles. The summed E-state index contributed by atoms with van der Waals surface area (Å²) in [5, 5.41) is 10.3. The summed E-state index contributed by atoms with van der Waals surface area (Å²) in [5.74, 6) is 0.575. The standard InChI is InChI=1S/C22H23FN6O2S/c23-17-8-5-6-15(12-17)13-25-21-18-9-2-3-10-19(18)26-22(27-21)29-20-11-4-1-7-16(20)14-28(29)32(24,30)31/h1,4-8,11-12H,2-3,9-10,13-14H2,(H2,24,30,31)(H,25,26,27). The zero-order valence-corrected chi connectivity index (χ0v) is 18.1. The molecule has 166 valence electrons. The highest BCUT2D eigenvalue weighted by molar-refractivity contribution is 7.86. The van der Waals surface area contributed by atoms with E-state index in [9.17, 15) is 12.8 Å². The summed E-state index contributed by atoms with van der Waals surface area (Å²) < 4.78 is 39.4. The molecule has 2 aromatic carbocycles. The predicted octanol–water partition coefficient (Wildman–Crippen LogP) is 3.18. The van der Waals surface area contributed by atoms with E-state index in [4.69, 9.17) is 15.1 Å². The van der Waals surface area contributed by atoms with Crippen LogP contribution in [0.3, 0.4) is 0 Å². The molecule has 5 rings (SSSR count). The second-order valence-corrected chi connectivity index (χ2v) is 9.41. The van der Waals surface area contributed by atoms with Crippen LogP contribution in [0.15, 0.2) is 48.5 Å². The van der Waals surface area contributed by atoms with Crippen molar-refractivity contribution in [1.29, 1.82) is 0 Å². The molecule has 0 amide bonds. The number of hydrogen-bond acceptors (Lipinski definition) is 6. The van der Waals surface area contributed by atoms with Crippen LogP contribution in [0.25, 0.3) is 0 Å². The van der Waals surface area contributed by atoms with E-state index in [0.717, 1.165) is 52.5 Å². The third-order valence-electron chi connectivity index (χ3n) is 5.75. The van der Waals surface area contributed by atoms with Crippen LogP contribution in [0.2, 0.25) is 0 Å². The van der Waals surface area contributed by atoms with Crippen LogP contribution in [-0.2, 0) is 36.1 Å². The molecule has 10 heteroatoms. The number of aryl methyl sites for hydroxylation is 1. The van der Waals surface area contributed by atoms with Gasteiger partial charge in [-0.05, 0) is 55.0 Å². The minimum atomic E-state index is -4.04. The van der Waals surface area contributed by atoms with Crippen molar-refractivity contribution in [2.45, 2.75) is 38.8 Å². The van der Waals surface area contributed by atoms with Crippen LogP contribution in [0.1, 0.15) is 35.2 Å². The molecule has 8 nitrogen and oxygen atoms in total. The molecule has 0 unspecified atom stereocenters. The average Bonchev–Trinajstić information content (AvgIpc) is 3.18. The zero-order chi connectivity index (χ0) is 22.3. The summed E-state index contributed by atoms with van der Waals surface area (Å²) in [6, 6.07) is 13.7. The molecule has 2 aliphatic rings. The van der Waals surface area contributed by atoms with Gasteiger partial charge in [-0.2, -0.15) is 13.4 Å². The van der Waals surface area contributed by atoms with Gasteiger partial charge in [0.05, 0.1) is 17.9 Å². The van der Waals surface area contributed by atoms with E-state index in [-0.39, 0.29) is 18.3 Å². The van der Waals surface area contributed by atoms with Gasteiger partial charge in [-0.15, -0.1) is 0 Å². The normalized spacial score (nSPS) is 16.0. The Hall–Kier alpha value is -3.08. The summed E-state index contributed by atoms with van der Waals surface area (Å²) in [4.78, 5) is 9.46. The van der Waals surface area contributed by atoms with Crippen molar-refractivity contribution >= 4 is 27.7 Å². The van der Waals surface area contributed by atoms with Gasteiger partial charge in [-0.25, -0.2) is 19.5 Å². The quantitative estimate of drug-likeness (QED) is 0.614. The number of nitrogens with one attached hydrogen (secondary N) is 1. The molecule has 3 N–H and O–H groups in total. The van der Waals surface area contributed by atoms with Crippen LogP contribution in [-0.4, -0.2) is 22.8 Å². The van der Waals surface area contributed by atoms with E-state index in [1.54, 1.807) is 6.07 Å². The number of para-hydroxylation sites is 1. The van der Waals surface area contributed by atoms with Gasteiger partial charge in [0, 0.05) is 12.1 Å². The molecule has 0 spiro atoms. The second kappa shape index (κ2) is 8.12. The number of nitrogens with two attached hydrogens (primary N) is 1. The van der Waals surface area contributed by atoms with Crippen molar-refractivity contribution in [3.63, 3.8) is 0 Å². The predicted molar refractivity (Wildman–Crippen MR) is 120 cm³/mol. The van der Waals surface area contributed by atoms with Crippen LogP contribution in [0.5, 0.6) is 0 Å². The molecule has 2 heterocycles. The fraction of sp³-hybridized carbons (Fsp3) is 0.273. The molecule has 32 heavy (non-hydrogen) atoms. The van der Waals surface area contributed by atoms with E-state index in [2.05, 4.69) is 5.32 Å².